The molecule has 88 valence electrons. The van der Waals surface area contributed by atoms with Crippen molar-refractivity contribution in [3.8, 4) is 0 Å². The van der Waals surface area contributed by atoms with Gasteiger partial charge in [-0.2, -0.15) is 0 Å². The zero-order valence-corrected chi connectivity index (χ0v) is 10.1. The molecule has 1 rings (SSSR count). The molecule has 0 bridgehead atoms. The molecule has 0 amide bonds. The molecule has 0 heterocycles. The first-order valence-corrected chi connectivity index (χ1v) is 5.77. The Morgan fingerprint density at radius 3 is 2.75 bits per heavy atom. The van der Waals surface area contributed by atoms with E-state index in [9.17, 15) is 0 Å². The monoisotopic (exact) mass is 219 g/mol. The Balaban J connectivity index is 2.17. The summed E-state index contributed by atoms with van der Waals surface area (Å²) >= 11 is 0. The van der Waals surface area contributed by atoms with Gasteiger partial charge in [0.15, 0.2) is 0 Å². The van der Waals surface area contributed by atoms with Crippen LogP contribution in [-0.4, -0.2) is 26.3 Å². The van der Waals surface area contributed by atoms with Crippen molar-refractivity contribution in [3.05, 3.63) is 42.0 Å². The second-order valence-electron chi connectivity index (χ2n) is 3.90. The van der Waals surface area contributed by atoms with Crippen LogP contribution in [0.5, 0.6) is 0 Å². The van der Waals surface area contributed by atoms with Crippen molar-refractivity contribution < 1.29 is 4.74 Å². The fourth-order valence-electron chi connectivity index (χ4n) is 1.43. The molecule has 0 spiro atoms. The molecule has 2 nitrogen and oxygen atoms in total. The van der Waals surface area contributed by atoms with E-state index in [1.165, 1.54) is 5.56 Å². The van der Waals surface area contributed by atoms with E-state index < -0.39 is 0 Å². The molecule has 0 aromatic heterocycles. The second-order valence-corrected chi connectivity index (χ2v) is 3.90. The zero-order valence-electron chi connectivity index (χ0n) is 10.1. The van der Waals surface area contributed by atoms with Crippen LogP contribution in [0.25, 0.3) is 6.08 Å². The van der Waals surface area contributed by atoms with Crippen LogP contribution in [0.3, 0.4) is 0 Å². The summed E-state index contributed by atoms with van der Waals surface area (Å²) in [5.74, 6) is 0. The zero-order chi connectivity index (χ0) is 11.6. The summed E-state index contributed by atoms with van der Waals surface area (Å²) in [6.45, 7) is 3.89. The minimum Gasteiger partial charge on any atom is -0.385 e. The van der Waals surface area contributed by atoms with E-state index in [2.05, 4.69) is 36.5 Å². The molecule has 0 aliphatic rings. The van der Waals surface area contributed by atoms with Crippen LogP contribution >= 0.6 is 0 Å². The molecular weight excluding hydrogens is 198 g/mol. The van der Waals surface area contributed by atoms with Crippen molar-refractivity contribution >= 4 is 6.08 Å². The Kier molecular flexibility index (Phi) is 6.54. The number of ether oxygens (including phenoxy) is 1. The molecular formula is C14H21NO. The number of methoxy groups -OCH3 is 1. The van der Waals surface area contributed by atoms with Gasteiger partial charge in [-0.25, -0.2) is 0 Å². The summed E-state index contributed by atoms with van der Waals surface area (Å²) in [6, 6.07) is 10.8. The highest BCUT2D eigenvalue weighted by Gasteiger charge is 1.97. The van der Waals surface area contributed by atoms with Crippen molar-refractivity contribution in [2.24, 2.45) is 0 Å². The van der Waals surface area contributed by atoms with Crippen LogP contribution in [0.4, 0.5) is 0 Å². The lowest BCUT2D eigenvalue weighted by Crippen LogP contribution is -2.27. The third-order valence-electron chi connectivity index (χ3n) is 2.45. The van der Waals surface area contributed by atoms with Crippen LogP contribution in [0.1, 0.15) is 18.9 Å². The van der Waals surface area contributed by atoms with Crippen LogP contribution in [0.2, 0.25) is 0 Å². The predicted molar refractivity (Wildman–Crippen MR) is 69.4 cm³/mol. The Morgan fingerprint density at radius 1 is 1.31 bits per heavy atom. The summed E-state index contributed by atoms with van der Waals surface area (Å²) < 4.78 is 5.03. The van der Waals surface area contributed by atoms with Crippen LogP contribution in [0.15, 0.2) is 36.4 Å². The minimum atomic E-state index is 0.500. The van der Waals surface area contributed by atoms with E-state index in [0.717, 1.165) is 19.6 Å². The third-order valence-corrected chi connectivity index (χ3v) is 2.45. The van der Waals surface area contributed by atoms with Crippen LogP contribution < -0.4 is 5.32 Å². The summed E-state index contributed by atoms with van der Waals surface area (Å²) in [6.07, 6.45) is 5.34. The number of rotatable bonds is 7. The molecule has 0 aliphatic heterocycles. The average Bonchev–Trinajstić information content (AvgIpc) is 2.33. The molecule has 0 saturated carbocycles. The third kappa shape index (κ3) is 5.69. The van der Waals surface area contributed by atoms with Gasteiger partial charge < -0.3 is 10.1 Å². The molecule has 0 radical (unpaired) electrons. The SMILES string of the molecule is COCCC(C)NCC=Cc1ccccc1. The van der Waals surface area contributed by atoms with Gasteiger partial charge in [0.25, 0.3) is 0 Å². The number of hydrogen-bond acceptors (Lipinski definition) is 2. The molecule has 1 unspecified atom stereocenters. The van der Waals surface area contributed by atoms with Gasteiger partial charge in [0, 0.05) is 26.3 Å². The van der Waals surface area contributed by atoms with E-state index >= 15 is 0 Å². The molecule has 1 N–H and O–H groups in total. The molecule has 2 heteroatoms. The van der Waals surface area contributed by atoms with Gasteiger partial charge in [0.05, 0.1) is 0 Å². The molecule has 1 aromatic carbocycles. The first kappa shape index (κ1) is 12.9. The van der Waals surface area contributed by atoms with Gasteiger partial charge in [-0.1, -0.05) is 42.5 Å². The smallest absolute Gasteiger partial charge is 0.0476 e. The lowest BCUT2D eigenvalue weighted by atomic mass is 10.2. The van der Waals surface area contributed by atoms with Crippen molar-refractivity contribution in [2.75, 3.05) is 20.3 Å². The maximum Gasteiger partial charge on any atom is 0.0476 e. The van der Waals surface area contributed by atoms with Gasteiger partial charge in [-0.3, -0.25) is 0 Å². The maximum atomic E-state index is 5.03. The lowest BCUT2D eigenvalue weighted by molar-refractivity contribution is 0.185. The Labute approximate surface area is 98.3 Å². The van der Waals surface area contributed by atoms with Crippen molar-refractivity contribution in [3.63, 3.8) is 0 Å². The summed E-state index contributed by atoms with van der Waals surface area (Å²) in [5, 5.41) is 3.42. The van der Waals surface area contributed by atoms with Gasteiger partial charge in [0.1, 0.15) is 0 Å². The molecule has 0 saturated heterocycles. The number of hydrogen-bond donors (Lipinski definition) is 1. The predicted octanol–water partition coefficient (Wildman–Crippen LogP) is 2.71. The largest absolute Gasteiger partial charge is 0.385 e. The topological polar surface area (TPSA) is 21.3 Å². The van der Waals surface area contributed by atoms with E-state index in [0.29, 0.717) is 6.04 Å². The lowest BCUT2D eigenvalue weighted by Gasteiger charge is -2.10. The summed E-state index contributed by atoms with van der Waals surface area (Å²) in [7, 11) is 1.74. The van der Waals surface area contributed by atoms with E-state index in [4.69, 9.17) is 4.74 Å². The van der Waals surface area contributed by atoms with Gasteiger partial charge in [0.2, 0.25) is 0 Å². The molecule has 1 atom stereocenters. The second kappa shape index (κ2) is 8.08. The Bertz CT molecular complexity index is 295. The molecule has 0 fully saturated rings. The van der Waals surface area contributed by atoms with Crippen LogP contribution in [-0.2, 0) is 4.74 Å². The van der Waals surface area contributed by atoms with Gasteiger partial charge in [-0.05, 0) is 18.9 Å². The quantitative estimate of drug-likeness (QED) is 0.761. The van der Waals surface area contributed by atoms with E-state index in [-0.39, 0.29) is 0 Å². The molecule has 16 heavy (non-hydrogen) atoms. The Hall–Kier alpha value is -1.12. The molecule has 1 aromatic rings. The first-order valence-electron chi connectivity index (χ1n) is 5.77. The highest BCUT2D eigenvalue weighted by Crippen LogP contribution is 2.00. The number of nitrogens with one attached hydrogen (secondary N) is 1. The van der Waals surface area contributed by atoms with E-state index in [1.807, 2.05) is 18.2 Å². The number of benzene rings is 1. The van der Waals surface area contributed by atoms with Crippen molar-refractivity contribution in [1.29, 1.82) is 0 Å². The van der Waals surface area contributed by atoms with Crippen molar-refractivity contribution in [1.82, 2.24) is 5.32 Å². The molecule has 0 aliphatic carbocycles. The van der Waals surface area contributed by atoms with Gasteiger partial charge in [-0.15, -0.1) is 0 Å². The maximum absolute atomic E-state index is 5.03. The summed E-state index contributed by atoms with van der Waals surface area (Å²) in [4.78, 5) is 0. The minimum absolute atomic E-state index is 0.500. The average molecular weight is 219 g/mol. The highest BCUT2D eigenvalue weighted by atomic mass is 16.5. The normalized spacial score (nSPS) is 13.1. The highest BCUT2D eigenvalue weighted by molar-refractivity contribution is 5.48. The van der Waals surface area contributed by atoms with E-state index in [1.54, 1.807) is 7.11 Å². The summed E-state index contributed by atoms with van der Waals surface area (Å²) in [5.41, 5.74) is 1.24. The van der Waals surface area contributed by atoms with Crippen molar-refractivity contribution in [2.45, 2.75) is 19.4 Å². The van der Waals surface area contributed by atoms with Crippen LogP contribution in [0, 0.1) is 0 Å². The Morgan fingerprint density at radius 2 is 2.06 bits per heavy atom. The fraction of sp³-hybridized carbons (Fsp3) is 0.429. The fourth-order valence-corrected chi connectivity index (χ4v) is 1.43. The first-order chi connectivity index (χ1) is 7.83. The van der Waals surface area contributed by atoms with Gasteiger partial charge >= 0.3 is 0 Å². The standard InChI is InChI=1S/C14H21NO/c1-13(10-12-16-2)15-11-6-9-14-7-4-3-5-8-14/h3-9,13,15H,10-12H2,1-2H3.